The third-order valence-electron chi connectivity index (χ3n) is 5.01. The van der Waals surface area contributed by atoms with E-state index in [-0.39, 0.29) is 17.7 Å². The van der Waals surface area contributed by atoms with Crippen molar-refractivity contribution >= 4 is 23.2 Å². The second-order valence-corrected chi connectivity index (χ2v) is 6.71. The zero-order valence-electron chi connectivity index (χ0n) is 15.3. The molecule has 0 aliphatic carbocycles. The molecule has 0 bridgehead atoms. The van der Waals surface area contributed by atoms with Crippen molar-refractivity contribution in [2.45, 2.75) is 19.9 Å². The van der Waals surface area contributed by atoms with Crippen LogP contribution in [0.4, 0.5) is 11.5 Å². The van der Waals surface area contributed by atoms with E-state index in [1.165, 1.54) is 11.8 Å². The Bertz CT molecular complexity index is 770. The Labute approximate surface area is 153 Å². The van der Waals surface area contributed by atoms with Gasteiger partial charge in [0.1, 0.15) is 26.2 Å². The number of rotatable bonds is 5. The third kappa shape index (κ3) is 4.08. The average molecular weight is 354 g/mol. The van der Waals surface area contributed by atoms with Gasteiger partial charge in [0.25, 0.3) is 11.7 Å². The lowest BCUT2D eigenvalue weighted by atomic mass is 10.1. The Kier molecular flexibility index (Phi) is 5.63. The molecule has 136 valence electrons. The van der Waals surface area contributed by atoms with Crippen LogP contribution >= 0.6 is 0 Å². The van der Waals surface area contributed by atoms with Gasteiger partial charge < -0.3 is 10.2 Å². The molecule has 1 aromatic heterocycles. The molecule has 0 spiro atoms. The summed E-state index contributed by atoms with van der Waals surface area (Å²) in [5.74, 6) is 1.01. The third-order valence-corrected chi connectivity index (χ3v) is 5.01. The average Bonchev–Trinajstić information content (AvgIpc) is 2.68. The van der Waals surface area contributed by atoms with Gasteiger partial charge in [0.15, 0.2) is 11.8 Å². The first-order chi connectivity index (χ1) is 12.6. The maximum absolute atomic E-state index is 12.7. The van der Waals surface area contributed by atoms with E-state index < -0.39 is 0 Å². The quantitative estimate of drug-likeness (QED) is 0.766. The molecule has 1 atom stereocenters. The molecule has 6 heteroatoms. The number of pyridine rings is 1. The fourth-order valence-corrected chi connectivity index (χ4v) is 3.37. The highest BCUT2D eigenvalue weighted by Crippen LogP contribution is 2.15. The molecule has 1 aliphatic rings. The number of nitrogens with zero attached hydrogens (tertiary/aromatic N) is 1. The number of anilines is 2. The van der Waals surface area contributed by atoms with Gasteiger partial charge >= 0.3 is 0 Å². The van der Waals surface area contributed by atoms with Crippen molar-refractivity contribution in [1.82, 2.24) is 0 Å². The van der Waals surface area contributed by atoms with Crippen molar-refractivity contribution in [3.05, 3.63) is 54.2 Å². The number of aromatic amines is 1. The maximum Gasteiger partial charge on any atom is 0.282 e. The summed E-state index contributed by atoms with van der Waals surface area (Å²) >= 11 is 0. The number of carbonyl (C=O) groups excluding carboxylic acids is 2. The van der Waals surface area contributed by atoms with E-state index in [1.807, 2.05) is 31.3 Å². The molecule has 1 fully saturated rings. The van der Waals surface area contributed by atoms with Crippen LogP contribution in [0, 0.1) is 0 Å². The molecule has 0 radical (unpaired) electrons. The van der Waals surface area contributed by atoms with Crippen LogP contribution in [0.5, 0.6) is 0 Å². The van der Waals surface area contributed by atoms with Crippen LogP contribution in [0.2, 0.25) is 0 Å². The lowest BCUT2D eigenvalue weighted by molar-refractivity contribution is -0.914. The molecule has 1 aromatic carbocycles. The highest BCUT2D eigenvalue weighted by Gasteiger charge is 2.32. The number of nitrogens with one attached hydrogen (secondary N) is 3. The number of hydrogen-bond acceptors (Lipinski definition) is 3. The van der Waals surface area contributed by atoms with Crippen LogP contribution in [-0.2, 0) is 4.79 Å². The smallest absolute Gasteiger partial charge is 0.282 e. The highest BCUT2D eigenvalue weighted by atomic mass is 16.2. The maximum atomic E-state index is 12.7. The lowest BCUT2D eigenvalue weighted by Crippen LogP contribution is -3.19. The van der Waals surface area contributed by atoms with Gasteiger partial charge in [0.2, 0.25) is 0 Å². The van der Waals surface area contributed by atoms with E-state index in [9.17, 15) is 9.59 Å². The first-order valence-corrected chi connectivity index (χ1v) is 9.03. The van der Waals surface area contributed by atoms with Gasteiger partial charge in [0.05, 0.1) is 11.9 Å². The monoisotopic (exact) mass is 354 g/mol. The minimum atomic E-state index is -0.170. The van der Waals surface area contributed by atoms with Gasteiger partial charge in [-0.2, -0.15) is 0 Å². The first-order valence-electron chi connectivity index (χ1n) is 9.03. The number of para-hydroxylation sites is 1. The number of piperazine rings is 1. The van der Waals surface area contributed by atoms with Crippen LogP contribution in [0.3, 0.4) is 0 Å². The van der Waals surface area contributed by atoms with Crippen molar-refractivity contribution in [3.63, 3.8) is 0 Å². The van der Waals surface area contributed by atoms with Gasteiger partial charge in [0, 0.05) is 11.6 Å². The van der Waals surface area contributed by atoms with Crippen LogP contribution in [-0.4, -0.2) is 43.9 Å². The number of amides is 1. The van der Waals surface area contributed by atoms with E-state index in [2.05, 4.69) is 21.3 Å². The predicted octanol–water partition coefficient (Wildman–Crippen LogP) is 0.435. The molecule has 1 saturated heterocycles. The van der Waals surface area contributed by atoms with Crippen LogP contribution in [0.1, 0.15) is 24.2 Å². The molecule has 2 aromatic rings. The molecule has 6 nitrogen and oxygen atoms in total. The zero-order chi connectivity index (χ0) is 18.5. The summed E-state index contributed by atoms with van der Waals surface area (Å²) in [6.45, 7) is 7.05. The molecule has 3 N–H and O–H groups in total. The summed E-state index contributed by atoms with van der Waals surface area (Å²) in [4.78, 5) is 31.2. The SMILES string of the molecule is CC(=O)c1ccccc1NC(=O)[C@H](C)[NH+]1CCN(c2cccc[nH+]2)CC1. The summed E-state index contributed by atoms with van der Waals surface area (Å²) in [6, 6.07) is 13.0. The Morgan fingerprint density at radius 3 is 2.46 bits per heavy atom. The van der Waals surface area contributed by atoms with Gasteiger partial charge in [-0.25, -0.2) is 4.98 Å². The number of ketones is 1. The Morgan fingerprint density at radius 1 is 1.12 bits per heavy atom. The zero-order valence-corrected chi connectivity index (χ0v) is 15.3. The fourth-order valence-electron chi connectivity index (χ4n) is 3.37. The van der Waals surface area contributed by atoms with Crippen molar-refractivity contribution < 1.29 is 19.5 Å². The second kappa shape index (κ2) is 8.10. The molecule has 2 heterocycles. The lowest BCUT2D eigenvalue weighted by Gasteiger charge is -2.31. The fraction of sp³-hybridized carbons (Fsp3) is 0.350. The molecule has 0 saturated carbocycles. The molecule has 3 rings (SSSR count). The van der Waals surface area contributed by atoms with Gasteiger partial charge in [-0.05, 0) is 32.0 Å². The first kappa shape index (κ1) is 18.1. The topological polar surface area (TPSA) is 68.0 Å². The number of benzene rings is 1. The van der Waals surface area contributed by atoms with Crippen LogP contribution in [0.15, 0.2) is 48.7 Å². The Hall–Kier alpha value is -2.73. The number of quaternary nitrogens is 1. The van der Waals surface area contributed by atoms with Crippen LogP contribution in [0.25, 0.3) is 0 Å². The number of Topliss-reactive ketones (excluding diaryl/α,β-unsaturated/α-hetero) is 1. The second-order valence-electron chi connectivity index (χ2n) is 6.71. The highest BCUT2D eigenvalue weighted by molar-refractivity contribution is 6.04. The van der Waals surface area contributed by atoms with Crippen molar-refractivity contribution in [2.24, 2.45) is 0 Å². The number of carbonyl (C=O) groups is 2. The van der Waals surface area contributed by atoms with E-state index in [1.54, 1.807) is 18.2 Å². The van der Waals surface area contributed by atoms with Gasteiger partial charge in [-0.15, -0.1) is 0 Å². The van der Waals surface area contributed by atoms with E-state index in [4.69, 9.17) is 0 Å². The Morgan fingerprint density at radius 2 is 1.81 bits per heavy atom. The number of hydrogen-bond donors (Lipinski definition) is 2. The Balaban J connectivity index is 1.59. The number of H-pyrrole nitrogens is 1. The largest absolute Gasteiger partial charge is 0.320 e. The van der Waals surface area contributed by atoms with E-state index in [0.717, 1.165) is 32.0 Å². The minimum Gasteiger partial charge on any atom is -0.320 e. The van der Waals surface area contributed by atoms with Crippen molar-refractivity contribution in [2.75, 3.05) is 36.4 Å². The summed E-state index contributed by atoms with van der Waals surface area (Å²) < 4.78 is 0. The van der Waals surface area contributed by atoms with E-state index >= 15 is 0 Å². The van der Waals surface area contributed by atoms with Gasteiger partial charge in [-0.1, -0.05) is 18.2 Å². The summed E-state index contributed by atoms with van der Waals surface area (Å²) in [5, 5.41) is 2.93. The van der Waals surface area contributed by atoms with E-state index in [0.29, 0.717) is 11.3 Å². The number of aromatic nitrogens is 1. The molecule has 1 amide bonds. The molecular weight excluding hydrogens is 328 g/mol. The minimum absolute atomic E-state index is 0.0476. The molecule has 1 aliphatic heterocycles. The standard InChI is InChI=1S/C20H24N4O2/c1-15(20(26)22-18-8-4-3-7-17(18)16(2)25)23-11-13-24(14-12-23)19-9-5-6-10-21-19/h3-10,15H,11-14H2,1-2H3,(H,22,26)/p+2/t15-/m0/s1. The predicted molar refractivity (Wildman–Crippen MR) is 100 cm³/mol. The normalized spacial score (nSPS) is 16.2. The van der Waals surface area contributed by atoms with Gasteiger partial charge in [-0.3, -0.25) is 14.5 Å². The van der Waals surface area contributed by atoms with Crippen molar-refractivity contribution in [1.29, 1.82) is 0 Å². The molecule has 26 heavy (non-hydrogen) atoms. The summed E-state index contributed by atoms with van der Waals surface area (Å²) in [6.07, 6.45) is 1.93. The summed E-state index contributed by atoms with van der Waals surface area (Å²) in [7, 11) is 0. The molecule has 0 unspecified atom stereocenters. The van der Waals surface area contributed by atoms with Crippen molar-refractivity contribution in [3.8, 4) is 0 Å². The molecular formula is C20H26N4O2+2. The van der Waals surface area contributed by atoms with Crippen LogP contribution < -0.4 is 20.1 Å². The summed E-state index contributed by atoms with van der Waals surface area (Å²) in [5.41, 5.74) is 1.14.